The first-order chi connectivity index (χ1) is 6.81. The van der Waals surface area contributed by atoms with Gasteiger partial charge in [-0.25, -0.2) is 0 Å². The predicted octanol–water partition coefficient (Wildman–Crippen LogP) is 2.45. The van der Waals surface area contributed by atoms with E-state index in [0.717, 1.165) is 18.5 Å². The van der Waals surface area contributed by atoms with Crippen molar-refractivity contribution < 1.29 is 0 Å². The lowest BCUT2D eigenvalue weighted by atomic mass is 10.0. The lowest BCUT2D eigenvalue weighted by Gasteiger charge is -2.08. The normalized spacial score (nSPS) is 10.5. The van der Waals surface area contributed by atoms with Gasteiger partial charge < -0.3 is 5.73 Å². The van der Waals surface area contributed by atoms with Gasteiger partial charge in [-0.15, -0.1) is 0 Å². The number of hydrogen-bond donors (Lipinski definition) is 1. The molecule has 0 atom stereocenters. The molecule has 0 amide bonds. The Morgan fingerprint density at radius 1 is 1.14 bits per heavy atom. The highest BCUT2D eigenvalue weighted by molar-refractivity contribution is 5.27. The Morgan fingerprint density at radius 2 is 1.79 bits per heavy atom. The summed E-state index contributed by atoms with van der Waals surface area (Å²) in [5.41, 5.74) is 9.41. The molecule has 1 rings (SSSR count). The van der Waals surface area contributed by atoms with Crippen molar-refractivity contribution in [3.63, 3.8) is 0 Å². The van der Waals surface area contributed by atoms with E-state index in [4.69, 9.17) is 5.73 Å². The van der Waals surface area contributed by atoms with Crippen molar-refractivity contribution in [2.45, 2.75) is 46.1 Å². The van der Waals surface area contributed by atoms with E-state index in [2.05, 4.69) is 24.9 Å². The van der Waals surface area contributed by atoms with Crippen LogP contribution in [0.25, 0.3) is 0 Å². The molecule has 1 heterocycles. The van der Waals surface area contributed by atoms with Gasteiger partial charge in [0.1, 0.15) is 0 Å². The number of aromatic nitrogens is 1. The third kappa shape index (κ3) is 2.81. The van der Waals surface area contributed by atoms with Crippen molar-refractivity contribution in [2.24, 2.45) is 5.73 Å². The second kappa shape index (κ2) is 5.76. The van der Waals surface area contributed by atoms with E-state index in [9.17, 15) is 0 Å². The summed E-state index contributed by atoms with van der Waals surface area (Å²) in [5.74, 6) is 0. The Hall–Kier alpha value is -0.890. The van der Waals surface area contributed by atoms with Gasteiger partial charge in [-0.2, -0.15) is 0 Å². The highest BCUT2D eigenvalue weighted by atomic mass is 14.7. The molecule has 0 fully saturated rings. The Balaban J connectivity index is 2.91. The van der Waals surface area contributed by atoms with Crippen molar-refractivity contribution >= 4 is 0 Å². The molecule has 0 aliphatic rings. The fourth-order valence-electron chi connectivity index (χ4n) is 1.68. The maximum atomic E-state index is 5.58. The topological polar surface area (TPSA) is 38.9 Å². The molecule has 0 unspecified atom stereocenters. The van der Waals surface area contributed by atoms with Crippen LogP contribution < -0.4 is 5.73 Å². The highest BCUT2D eigenvalue weighted by Gasteiger charge is 2.02. The standard InChI is InChI=1S/C12H20N2/c1-3-5-10-7-12(8-13)14-9-11(10)6-4-2/h7,9H,3-6,8,13H2,1-2H3. The lowest BCUT2D eigenvalue weighted by molar-refractivity contribution is 0.840. The molecule has 2 nitrogen and oxygen atoms in total. The highest BCUT2D eigenvalue weighted by Crippen LogP contribution is 2.13. The summed E-state index contributed by atoms with van der Waals surface area (Å²) in [6, 6.07) is 2.16. The van der Waals surface area contributed by atoms with Crippen molar-refractivity contribution in [1.29, 1.82) is 0 Å². The first-order valence-electron chi connectivity index (χ1n) is 5.48. The van der Waals surface area contributed by atoms with Gasteiger partial charge in [0, 0.05) is 12.7 Å². The van der Waals surface area contributed by atoms with E-state index < -0.39 is 0 Å². The van der Waals surface area contributed by atoms with E-state index >= 15 is 0 Å². The van der Waals surface area contributed by atoms with Crippen LogP contribution >= 0.6 is 0 Å². The molecule has 2 N–H and O–H groups in total. The first-order valence-corrected chi connectivity index (χ1v) is 5.48. The van der Waals surface area contributed by atoms with E-state index in [1.807, 2.05) is 6.20 Å². The first kappa shape index (κ1) is 11.2. The SMILES string of the molecule is CCCc1cnc(CN)cc1CCC. The summed E-state index contributed by atoms with van der Waals surface area (Å²) < 4.78 is 0. The van der Waals surface area contributed by atoms with E-state index in [1.165, 1.54) is 24.0 Å². The molecule has 0 radical (unpaired) electrons. The monoisotopic (exact) mass is 192 g/mol. The second-order valence-electron chi connectivity index (χ2n) is 3.65. The summed E-state index contributed by atoms with van der Waals surface area (Å²) >= 11 is 0. The predicted molar refractivity (Wildman–Crippen MR) is 60.1 cm³/mol. The zero-order valence-corrected chi connectivity index (χ0v) is 9.21. The fourth-order valence-corrected chi connectivity index (χ4v) is 1.68. The molecule has 0 spiro atoms. The molecule has 0 bridgehead atoms. The van der Waals surface area contributed by atoms with E-state index in [1.54, 1.807) is 0 Å². The van der Waals surface area contributed by atoms with E-state index in [-0.39, 0.29) is 0 Å². The van der Waals surface area contributed by atoms with E-state index in [0.29, 0.717) is 6.54 Å². The van der Waals surface area contributed by atoms with Gasteiger partial charge >= 0.3 is 0 Å². The summed E-state index contributed by atoms with van der Waals surface area (Å²) in [7, 11) is 0. The molecule has 0 aromatic carbocycles. The van der Waals surface area contributed by atoms with Crippen molar-refractivity contribution in [2.75, 3.05) is 0 Å². The van der Waals surface area contributed by atoms with Crippen LogP contribution in [0.4, 0.5) is 0 Å². The molecular weight excluding hydrogens is 172 g/mol. The molecule has 0 aliphatic carbocycles. The number of hydrogen-bond acceptors (Lipinski definition) is 2. The van der Waals surface area contributed by atoms with Gasteiger partial charge in [0.2, 0.25) is 0 Å². The average Bonchev–Trinajstić information content (AvgIpc) is 2.21. The van der Waals surface area contributed by atoms with Crippen LogP contribution in [0.5, 0.6) is 0 Å². The van der Waals surface area contributed by atoms with Crippen LogP contribution in [0, 0.1) is 0 Å². The minimum Gasteiger partial charge on any atom is -0.325 e. The smallest absolute Gasteiger partial charge is 0.0542 e. The minimum absolute atomic E-state index is 0.545. The Kier molecular flexibility index (Phi) is 4.60. The van der Waals surface area contributed by atoms with Crippen molar-refractivity contribution in [3.05, 3.63) is 29.1 Å². The van der Waals surface area contributed by atoms with Gasteiger partial charge in [0.25, 0.3) is 0 Å². The molecule has 78 valence electrons. The quantitative estimate of drug-likeness (QED) is 0.778. The maximum Gasteiger partial charge on any atom is 0.0542 e. The number of aryl methyl sites for hydroxylation is 2. The number of rotatable bonds is 5. The summed E-state index contributed by atoms with van der Waals surface area (Å²) in [6.45, 7) is 4.95. The molecule has 2 heteroatoms. The molecule has 1 aromatic rings. The van der Waals surface area contributed by atoms with Crippen LogP contribution in [0.15, 0.2) is 12.3 Å². The third-order valence-corrected chi connectivity index (χ3v) is 2.39. The van der Waals surface area contributed by atoms with Crippen LogP contribution in [0.1, 0.15) is 43.5 Å². The lowest BCUT2D eigenvalue weighted by Crippen LogP contribution is -2.03. The van der Waals surface area contributed by atoms with Crippen LogP contribution in [0.3, 0.4) is 0 Å². The van der Waals surface area contributed by atoms with Gasteiger partial charge in [-0.1, -0.05) is 26.7 Å². The number of nitrogens with two attached hydrogens (primary N) is 1. The summed E-state index contributed by atoms with van der Waals surface area (Å²) in [6.07, 6.45) is 6.64. The molecule has 14 heavy (non-hydrogen) atoms. The number of pyridine rings is 1. The molecule has 0 saturated heterocycles. The fraction of sp³-hybridized carbons (Fsp3) is 0.583. The second-order valence-corrected chi connectivity index (χ2v) is 3.65. The molecule has 0 saturated carbocycles. The summed E-state index contributed by atoms with van der Waals surface area (Å²) in [4.78, 5) is 4.33. The zero-order chi connectivity index (χ0) is 10.4. The third-order valence-electron chi connectivity index (χ3n) is 2.39. The Morgan fingerprint density at radius 3 is 2.36 bits per heavy atom. The molecular formula is C12H20N2. The maximum absolute atomic E-state index is 5.58. The van der Waals surface area contributed by atoms with Gasteiger partial charge in [-0.3, -0.25) is 4.98 Å². The number of nitrogens with zero attached hydrogens (tertiary/aromatic N) is 1. The van der Waals surface area contributed by atoms with Gasteiger partial charge in [0.05, 0.1) is 5.69 Å². The van der Waals surface area contributed by atoms with Gasteiger partial charge in [0.15, 0.2) is 0 Å². The van der Waals surface area contributed by atoms with Crippen LogP contribution in [-0.4, -0.2) is 4.98 Å². The Labute approximate surface area is 86.5 Å². The zero-order valence-electron chi connectivity index (χ0n) is 9.21. The molecule has 1 aromatic heterocycles. The summed E-state index contributed by atoms with van der Waals surface area (Å²) in [5, 5.41) is 0. The average molecular weight is 192 g/mol. The Bertz CT molecular complexity index is 282. The van der Waals surface area contributed by atoms with Crippen LogP contribution in [0.2, 0.25) is 0 Å². The van der Waals surface area contributed by atoms with Crippen molar-refractivity contribution in [1.82, 2.24) is 4.98 Å². The largest absolute Gasteiger partial charge is 0.325 e. The minimum atomic E-state index is 0.545. The van der Waals surface area contributed by atoms with Crippen molar-refractivity contribution in [3.8, 4) is 0 Å². The van der Waals surface area contributed by atoms with Gasteiger partial charge in [-0.05, 0) is 30.0 Å². The molecule has 0 aliphatic heterocycles. The van der Waals surface area contributed by atoms with Crippen LogP contribution in [-0.2, 0) is 19.4 Å².